The largest absolute Gasteiger partial charge is 0.377 e. The van der Waals surface area contributed by atoms with Crippen molar-refractivity contribution in [2.75, 3.05) is 18.5 Å². The van der Waals surface area contributed by atoms with Crippen molar-refractivity contribution < 1.29 is 17.9 Å². The summed E-state index contributed by atoms with van der Waals surface area (Å²) in [5.74, 6) is -0.486. The zero-order valence-corrected chi connectivity index (χ0v) is 15.8. The molecule has 5 nitrogen and oxygen atoms in total. The van der Waals surface area contributed by atoms with Crippen LogP contribution in [0.15, 0.2) is 36.5 Å². The summed E-state index contributed by atoms with van der Waals surface area (Å²) in [5.41, 5.74) is 2.97. The summed E-state index contributed by atoms with van der Waals surface area (Å²) in [4.78, 5) is 4.53. The van der Waals surface area contributed by atoms with Crippen LogP contribution in [0.4, 0.5) is 19.0 Å². The molecular formula is C21H19F3N4O. The van der Waals surface area contributed by atoms with Gasteiger partial charge in [-0.3, -0.25) is 4.98 Å². The number of aryl methyl sites for hydroxylation is 1. The molecule has 0 fully saturated rings. The molecule has 0 saturated carbocycles. The summed E-state index contributed by atoms with van der Waals surface area (Å²) in [6.45, 7) is 3.03. The van der Waals surface area contributed by atoms with Gasteiger partial charge in [0.15, 0.2) is 5.82 Å². The summed E-state index contributed by atoms with van der Waals surface area (Å²) < 4.78 is 45.6. The molecule has 0 saturated heterocycles. The van der Waals surface area contributed by atoms with Crippen molar-refractivity contribution in [3.05, 3.63) is 64.7 Å². The van der Waals surface area contributed by atoms with Crippen molar-refractivity contribution in [1.82, 2.24) is 15.2 Å². The first-order valence-electron chi connectivity index (χ1n) is 9.24. The molecule has 0 atom stereocenters. The molecule has 1 aromatic carbocycles. The summed E-state index contributed by atoms with van der Waals surface area (Å²) in [6, 6.07) is 5.93. The maximum absolute atomic E-state index is 14.3. The van der Waals surface area contributed by atoms with Crippen LogP contribution in [0.25, 0.3) is 16.5 Å². The Balaban J connectivity index is 1.68. The number of nitrogens with one attached hydrogen (secondary N) is 1. The quantitative estimate of drug-likeness (QED) is 0.665. The van der Waals surface area contributed by atoms with Gasteiger partial charge in [0.1, 0.15) is 5.82 Å². The van der Waals surface area contributed by atoms with Crippen LogP contribution in [0.5, 0.6) is 0 Å². The van der Waals surface area contributed by atoms with E-state index in [1.807, 2.05) is 19.1 Å². The monoisotopic (exact) mass is 400 g/mol. The summed E-state index contributed by atoms with van der Waals surface area (Å²) >= 11 is 0. The average molecular weight is 400 g/mol. The molecule has 3 heterocycles. The summed E-state index contributed by atoms with van der Waals surface area (Å²) in [5, 5.41) is 12.1. The van der Waals surface area contributed by atoms with Crippen molar-refractivity contribution in [3.8, 4) is 0 Å². The number of pyridine rings is 1. The van der Waals surface area contributed by atoms with Gasteiger partial charge in [0.05, 0.1) is 30.0 Å². The molecule has 0 spiro atoms. The molecule has 29 heavy (non-hydrogen) atoms. The molecular weight excluding hydrogens is 381 g/mol. The van der Waals surface area contributed by atoms with E-state index in [1.54, 1.807) is 6.20 Å². The van der Waals surface area contributed by atoms with E-state index in [9.17, 15) is 13.2 Å². The van der Waals surface area contributed by atoms with Crippen LogP contribution < -0.4 is 5.32 Å². The fourth-order valence-electron chi connectivity index (χ4n) is 3.34. The summed E-state index contributed by atoms with van der Waals surface area (Å²) in [6.07, 6.45) is 1.74. The Morgan fingerprint density at radius 2 is 2.10 bits per heavy atom. The third-order valence-electron chi connectivity index (χ3n) is 4.91. The van der Waals surface area contributed by atoms with Gasteiger partial charge in [0, 0.05) is 23.7 Å². The van der Waals surface area contributed by atoms with Gasteiger partial charge >= 0.3 is 0 Å². The van der Waals surface area contributed by atoms with Crippen molar-refractivity contribution in [2.24, 2.45) is 0 Å². The van der Waals surface area contributed by atoms with Crippen LogP contribution in [0.1, 0.15) is 35.2 Å². The van der Waals surface area contributed by atoms with E-state index in [1.165, 1.54) is 12.1 Å². The lowest BCUT2D eigenvalue weighted by Crippen LogP contribution is -2.08. The lowest BCUT2D eigenvalue weighted by Gasteiger charge is -2.15. The van der Waals surface area contributed by atoms with Gasteiger partial charge in [0.2, 0.25) is 0 Å². The Morgan fingerprint density at radius 3 is 2.86 bits per heavy atom. The van der Waals surface area contributed by atoms with E-state index in [2.05, 4.69) is 20.5 Å². The molecule has 2 aromatic heterocycles. The van der Waals surface area contributed by atoms with Crippen molar-refractivity contribution in [1.29, 1.82) is 0 Å². The highest BCUT2D eigenvalue weighted by atomic mass is 19.3. The second-order valence-corrected chi connectivity index (χ2v) is 6.78. The Morgan fingerprint density at radius 1 is 1.24 bits per heavy atom. The van der Waals surface area contributed by atoms with E-state index in [0.29, 0.717) is 30.2 Å². The Hall–Kier alpha value is -3.00. The fraction of sp³-hybridized carbons (Fsp3) is 0.286. The van der Waals surface area contributed by atoms with Crippen molar-refractivity contribution in [3.63, 3.8) is 0 Å². The number of hydrogen-bond donors (Lipinski definition) is 1. The minimum absolute atomic E-state index is 0.00000165. The molecule has 1 aliphatic heterocycles. The predicted octanol–water partition coefficient (Wildman–Crippen LogP) is 4.83. The minimum Gasteiger partial charge on any atom is -0.377 e. The number of anilines is 1. The zero-order chi connectivity index (χ0) is 20.4. The maximum Gasteiger partial charge on any atom is 0.266 e. The fourth-order valence-corrected chi connectivity index (χ4v) is 3.34. The van der Waals surface area contributed by atoms with E-state index in [-0.39, 0.29) is 12.1 Å². The molecule has 4 rings (SSSR count). The molecule has 0 radical (unpaired) electrons. The third kappa shape index (κ3) is 3.93. The molecule has 0 amide bonds. The van der Waals surface area contributed by atoms with E-state index in [0.717, 1.165) is 29.0 Å². The van der Waals surface area contributed by atoms with Gasteiger partial charge < -0.3 is 10.1 Å². The van der Waals surface area contributed by atoms with Crippen LogP contribution in [-0.4, -0.2) is 28.4 Å². The Kier molecular flexibility index (Phi) is 5.44. The molecule has 0 unspecified atom stereocenters. The van der Waals surface area contributed by atoms with Crippen LogP contribution in [0.3, 0.4) is 0 Å². The molecule has 0 bridgehead atoms. The first-order valence-corrected chi connectivity index (χ1v) is 9.24. The van der Waals surface area contributed by atoms with E-state index < -0.39 is 17.8 Å². The smallest absolute Gasteiger partial charge is 0.266 e. The topological polar surface area (TPSA) is 59.9 Å². The lowest BCUT2D eigenvalue weighted by molar-refractivity contribution is 0.146. The van der Waals surface area contributed by atoms with Gasteiger partial charge in [-0.25, -0.2) is 13.2 Å². The number of benzene rings is 1. The van der Waals surface area contributed by atoms with Crippen molar-refractivity contribution >= 4 is 22.3 Å². The highest BCUT2D eigenvalue weighted by Gasteiger charge is 2.17. The highest BCUT2D eigenvalue weighted by Crippen LogP contribution is 2.29. The van der Waals surface area contributed by atoms with Gasteiger partial charge in [-0.05, 0) is 30.5 Å². The number of alkyl halides is 2. The molecule has 150 valence electrons. The van der Waals surface area contributed by atoms with Gasteiger partial charge in [-0.15, -0.1) is 5.10 Å². The third-order valence-corrected chi connectivity index (χ3v) is 4.91. The molecule has 1 N–H and O–H groups in total. The average Bonchev–Trinajstić information content (AvgIpc) is 2.74. The Labute approximate surface area is 165 Å². The molecule has 8 heteroatoms. The van der Waals surface area contributed by atoms with Gasteiger partial charge in [0.25, 0.3) is 6.43 Å². The number of rotatable bonds is 5. The SMILES string of the molecule is Cc1nnc(NCc2cccc(C(F)F)c2F)c2cc(C3=CCOCC3)cnc12. The van der Waals surface area contributed by atoms with Gasteiger partial charge in [-0.2, -0.15) is 5.10 Å². The number of aromatic nitrogens is 3. The van der Waals surface area contributed by atoms with Crippen LogP contribution >= 0.6 is 0 Å². The van der Waals surface area contributed by atoms with Crippen LogP contribution in [0.2, 0.25) is 0 Å². The van der Waals surface area contributed by atoms with E-state index >= 15 is 0 Å². The predicted molar refractivity (Wildman–Crippen MR) is 104 cm³/mol. The van der Waals surface area contributed by atoms with Crippen molar-refractivity contribution in [2.45, 2.75) is 26.3 Å². The Bertz CT molecular complexity index is 1080. The first-order chi connectivity index (χ1) is 14.0. The summed E-state index contributed by atoms with van der Waals surface area (Å²) in [7, 11) is 0. The maximum atomic E-state index is 14.3. The number of hydrogen-bond acceptors (Lipinski definition) is 5. The number of halogens is 3. The van der Waals surface area contributed by atoms with Gasteiger partial charge in [-0.1, -0.05) is 24.3 Å². The highest BCUT2D eigenvalue weighted by molar-refractivity contribution is 5.92. The first kappa shape index (κ1) is 19.3. The number of ether oxygens (including phenoxy) is 1. The molecule has 1 aliphatic rings. The van der Waals surface area contributed by atoms with Crippen LogP contribution in [-0.2, 0) is 11.3 Å². The second-order valence-electron chi connectivity index (χ2n) is 6.78. The van der Waals surface area contributed by atoms with E-state index in [4.69, 9.17) is 4.74 Å². The zero-order valence-electron chi connectivity index (χ0n) is 15.8. The second kappa shape index (κ2) is 8.16. The lowest BCUT2D eigenvalue weighted by atomic mass is 10.0. The molecule has 3 aromatic rings. The number of nitrogens with zero attached hydrogens (tertiary/aromatic N) is 3. The van der Waals surface area contributed by atoms with Crippen LogP contribution in [0, 0.1) is 12.7 Å². The standard InChI is InChI=1S/C21H19F3N4O/c1-12-19-17(9-15(11-25-19)13-5-7-29-8-6-13)21(28-27-12)26-10-14-3-2-4-16(18(14)22)20(23)24/h2-5,9,11,20H,6-8,10H2,1H3,(H,26,28). The minimum atomic E-state index is -2.87. The normalized spacial score (nSPS) is 14.3. The number of fused-ring (bicyclic) bond motifs is 1. The molecule has 0 aliphatic carbocycles.